The van der Waals surface area contributed by atoms with Crippen molar-refractivity contribution >= 4 is 5.91 Å². The van der Waals surface area contributed by atoms with E-state index in [-0.39, 0.29) is 0 Å². The molecule has 0 bridgehead atoms. The molecule has 0 spiro atoms. The molecule has 1 aromatic rings. The predicted molar refractivity (Wildman–Crippen MR) is 67.8 cm³/mol. The summed E-state index contributed by atoms with van der Waals surface area (Å²) < 4.78 is 5.65. The molecule has 1 atom stereocenters. The van der Waals surface area contributed by atoms with Gasteiger partial charge in [0.1, 0.15) is 5.75 Å². The number of primary amides is 1. The van der Waals surface area contributed by atoms with E-state index < -0.39 is 12.0 Å². The van der Waals surface area contributed by atoms with Crippen molar-refractivity contribution in [1.82, 2.24) is 5.32 Å². The molecule has 0 saturated heterocycles. The van der Waals surface area contributed by atoms with Gasteiger partial charge in [0.2, 0.25) is 0 Å². The average molecular weight is 236 g/mol. The molecule has 3 N–H and O–H groups in total. The molecule has 0 aliphatic rings. The second-order valence-electron chi connectivity index (χ2n) is 4.06. The van der Waals surface area contributed by atoms with Crippen LogP contribution in [0.5, 0.6) is 5.75 Å². The number of ether oxygens (including phenoxy) is 1. The third-order valence-corrected chi connectivity index (χ3v) is 2.54. The van der Waals surface area contributed by atoms with Crippen LogP contribution in [0.3, 0.4) is 0 Å². The molecule has 0 heterocycles. The highest BCUT2D eigenvalue weighted by Gasteiger charge is 2.16. The Morgan fingerprint density at radius 3 is 2.76 bits per heavy atom. The summed E-state index contributed by atoms with van der Waals surface area (Å²) in [6.45, 7) is 4.60. The van der Waals surface area contributed by atoms with Crippen LogP contribution in [-0.2, 0) is 11.3 Å². The van der Waals surface area contributed by atoms with E-state index in [1.165, 1.54) is 0 Å². The molecule has 0 aliphatic heterocycles. The van der Waals surface area contributed by atoms with Crippen molar-refractivity contribution in [2.24, 2.45) is 5.73 Å². The van der Waals surface area contributed by atoms with Crippen LogP contribution < -0.4 is 15.8 Å². The van der Waals surface area contributed by atoms with E-state index in [2.05, 4.69) is 5.32 Å². The molecule has 94 valence electrons. The first-order valence-electron chi connectivity index (χ1n) is 5.78. The van der Waals surface area contributed by atoms with Crippen LogP contribution in [0, 0.1) is 6.92 Å². The molecule has 1 aromatic carbocycles. The summed E-state index contributed by atoms with van der Waals surface area (Å²) in [5.41, 5.74) is 7.47. The largest absolute Gasteiger partial charge is 0.480 e. The molecular formula is C13H20N2O2. The summed E-state index contributed by atoms with van der Waals surface area (Å²) in [6, 6.07) is 5.88. The molecule has 17 heavy (non-hydrogen) atoms. The molecule has 0 aliphatic carbocycles. The van der Waals surface area contributed by atoms with E-state index in [9.17, 15) is 4.79 Å². The molecule has 1 amide bonds. The zero-order valence-corrected chi connectivity index (χ0v) is 10.6. The standard InChI is InChI=1S/C13H20N2O2/c1-4-11(13(14)16)17-12-6-5-9(2)7-10(12)8-15-3/h5-7,11,15H,4,8H2,1-3H3,(H2,14,16). The Hall–Kier alpha value is -1.55. The molecule has 1 rings (SSSR count). The van der Waals surface area contributed by atoms with Crippen LogP contribution >= 0.6 is 0 Å². The number of rotatable bonds is 6. The third kappa shape index (κ3) is 3.75. The van der Waals surface area contributed by atoms with Gasteiger partial charge in [-0.05, 0) is 26.5 Å². The zero-order chi connectivity index (χ0) is 12.8. The lowest BCUT2D eigenvalue weighted by atomic mass is 10.1. The quantitative estimate of drug-likeness (QED) is 0.783. The molecule has 0 saturated carbocycles. The highest BCUT2D eigenvalue weighted by Crippen LogP contribution is 2.21. The smallest absolute Gasteiger partial charge is 0.258 e. The number of carbonyl (C=O) groups is 1. The SMILES string of the molecule is CCC(Oc1ccc(C)cc1CNC)C(N)=O. The Morgan fingerprint density at radius 1 is 1.53 bits per heavy atom. The normalized spacial score (nSPS) is 12.2. The van der Waals surface area contributed by atoms with Crippen LogP contribution in [0.25, 0.3) is 0 Å². The third-order valence-electron chi connectivity index (χ3n) is 2.54. The van der Waals surface area contributed by atoms with Gasteiger partial charge in [-0.2, -0.15) is 0 Å². The van der Waals surface area contributed by atoms with Gasteiger partial charge in [0, 0.05) is 12.1 Å². The molecule has 0 radical (unpaired) electrons. The maximum absolute atomic E-state index is 11.2. The van der Waals surface area contributed by atoms with Crippen LogP contribution in [0.4, 0.5) is 0 Å². The molecule has 4 heteroatoms. The topological polar surface area (TPSA) is 64.3 Å². The number of nitrogens with one attached hydrogen (secondary N) is 1. The van der Waals surface area contributed by atoms with Gasteiger partial charge in [0.05, 0.1) is 0 Å². The van der Waals surface area contributed by atoms with Gasteiger partial charge in [0.15, 0.2) is 6.10 Å². The van der Waals surface area contributed by atoms with E-state index in [1.54, 1.807) is 0 Å². The van der Waals surface area contributed by atoms with Crippen LogP contribution in [-0.4, -0.2) is 19.1 Å². The number of nitrogens with two attached hydrogens (primary N) is 1. The van der Waals surface area contributed by atoms with Crippen molar-refractivity contribution in [1.29, 1.82) is 0 Å². The monoisotopic (exact) mass is 236 g/mol. The van der Waals surface area contributed by atoms with Crippen molar-refractivity contribution in [3.8, 4) is 5.75 Å². The summed E-state index contributed by atoms with van der Waals surface area (Å²) in [4.78, 5) is 11.2. The average Bonchev–Trinajstić information content (AvgIpc) is 2.28. The Balaban J connectivity index is 2.92. The number of aryl methyl sites for hydroxylation is 1. The zero-order valence-electron chi connectivity index (χ0n) is 10.6. The number of amides is 1. The first-order chi connectivity index (χ1) is 8.08. The molecule has 4 nitrogen and oxygen atoms in total. The van der Waals surface area contributed by atoms with Gasteiger partial charge in [-0.25, -0.2) is 0 Å². The second-order valence-corrected chi connectivity index (χ2v) is 4.06. The highest BCUT2D eigenvalue weighted by molar-refractivity contribution is 5.79. The van der Waals surface area contributed by atoms with Gasteiger partial charge >= 0.3 is 0 Å². The Bertz CT molecular complexity index is 391. The van der Waals surface area contributed by atoms with Crippen molar-refractivity contribution < 1.29 is 9.53 Å². The summed E-state index contributed by atoms with van der Waals surface area (Å²) >= 11 is 0. The Labute approximate surface area is 102 Å². The lowest BCUT2D eigenvalue weighted by Crippen LogP contribution is -2.33. The van der Waals surface area contributed by atoms with Crippen molar-refractivity contribution in [2.75, 3.05) is 7.05 Å². The summed E-state index contributed by atoms with van der Waals surface area (Å²) in [6.07, 6.45) is 0.00988. The molecular weight excluding hydrogens is 216 g/mol. The van der Waals surface area contributed by atoms with E-state index in [0.29, 0.717) is 13.0 Å². The van der Waals surface area contributed by atoms with Gasteiger partial charge in [-0.3, -0.25) is 4.79 Å². The summed E-state index contributed by atoms with van der Waals surface area (Å²) in [7, 11) is 1.87. The number of carbonyl (C=O) groups excluding carboxylic acids is 1. The maximum atomic E-state index is 11.2. The lowest BCUT2D eigenvalue weighted by Gasteiger charge is -2.17. The Kier molecular flexibility index (Phi) is 4.97. The Morgan fingerprint density at radius 2 is 2.24 bits per heavy atom. The van der Waals surface area contributed by atoms with E-state index in [4.69, 9.17) is 10.5 Å². The molecule has 0 fully saturated rings. The minimum atomic E-state index is -0.562. The van der Waals surface area contributed by atoms with Gasteiger partial charge in [0.25, 0.3) is 5.91 Å². The minimum absolute atomic E-state index is 0.427. The number of benzene rings is 1. The minimum Gasteiger partial charge on any atom is -0.480 e. The fourth-order valence-electron chi connectivity index (χ4n) is 1.65. The van der Waals surface area contributed by atoms with Crippen LogP contribution in [0.15, 0.2) is 18.2 Å². The maximum Gasteiger partial charge on any atom is 0.258 e. The van der Waals surface area contributed by atoms with E-state index in [0.717, 1.165) is 16.9 Å². The summed E-state index contributed by atoms with van der Waals surface area (Å²) in [5.74, 6) is 0.291. The first-order valence-corrected chi connectivity index (χ1v) is 5.78. The summed E-state index contributed by atoms with van der Waals surface area (Å²) in [5, 5.41) is 3.08. The number of hydrogen-bond donors (Lipinski definition) is 2. The van der Waals surface area contributed by atoms with Gasteiger partial charge in [-0.15, -0.1) is 0 Å². The van der Waals surface area contributed by atoms with Crippen molar-refractivity contribution in [2.45, 2.75) is 32.9 Å². The molecule has 0 aromatic heterocycles. The van der Waals surface area contributed by atoms with Gasteiger partial charge in [-0.1, -0.05) is 24.6 Å². The van der Waals surface area contributed by atoms with E-state index >= 15 is 0 Å². The van der Waals surface area contributed by atoms with Crippen molar-refractivity contribution in [3.63, 3.8) is 0 Å². The number of hydrogen-bond acceptors (Lipinski definition) is 3. The van der Waals surface area contributed by atoms with E-state index in [1.807, 2.05) is 39.1 Å². The fraction of sp³-hybridized carbons (Fsp3) is 0.462. The van der Waals surface area contributed by atoms with Crippen LogP contribution in [0.1, 0.15) is 24.5 Å². The van der Waals surface area contributed by atoms with Crippen molar-refractivity contribution in [3.05, 3.63) is 29.3 Å². The van der Waals surface area contributed by atoms with Gasteiger partial charge < -0.3 is 15.8 Å². The lowest BCUT2D eigenvalue weighted by molar-refractivity contribution is -0.124. The predicted octanol–water partition coefficient (Wildman–Crippen LogP) is 1.36. The first kappa shape index (κ1) is 13.5. The second kappa shape index (κ2) is 6.25. The molecule has 1 unspecified atom stereocenters. The van der Waals surface area contributed by atoms with Crippen LogP contribution in [0.2, 0.25) is 0 Å². The fourth-order valence-corrected chi connectivity index (χ4v) is 1.65. The highest BCUT2D eigenvalue weighted by atomic mass is 16.5.